The SMILES string of the molecule is CCCCCCCCCCCCCCCCCCCCCCOCC(COC(=O)CCCCCCCCCCC)OC(=O)CCCCCCC. The van der Waals surface area contributed by atoms with Gasteiger partial charge in [0.15, 0.2) is 6.10 Å². The molecule has 0 aromatic heterocycles. The van der Waals surface area contributed by atoms with E-state index in [9.17, 15) is 9.59 Å². The molecule has 0 amide bonds. The van der Waals surface area contributed by atoms with Gasteiger partial charge >= 0.3 is 11.9 Å². The molecular formula is C45H88O5. The van der Waals surface area contributed by atoms with Crippen LogP contribution in [0, 0.1) is 0 Å². The predicted octanol–water partition coefficient (Wildman–Crippen LogP) is 14.6. The number of ether oxygens (including phenoxy) is 3. The number of hydrogen-bond donors (Lipinski definition) is 0. The highest BCUT2D eigenvalue weighted by molar-refractivity contribution is 5.70. The summed E-state index contributed by atoms with van der Waals surface area (Å²) in [7, 11) is 0. The standard InChI is InChI=1S/C45H88O5/c1-4-7-10-13-15-17-18-19-20-21-22-23-24-25-26-27-29-31-34-37-40-48-41-43(50-45(47)39-36-32-12-9-6-3)42-49-44(46)38-35-33-30-28-16-14-11-8-5-2/h43H,4-42H2,1-3H3. The largest absolute Gasteiger partial charge is 0.462 e. The van der Waals surface area contributed by atoms with Crippen molar-refractivity contribution in [3.8, 4) is 0 Å². The Morgan fingerprint density at radius 1 is 0.360 bits per heavy atom. The van der Waals surface area contributed by atoms with Crippen LogP contribution in [0.5, 0.6) is 0 Å². The van der Waals surface area contributed by atoms with Gasteiger partial charge < -0.3 is 14.2 Å². The van der Waals surface area contributed by atoms with Crippen molar-refractivity contribution in [3.05, 3.63) is 0 Å². The zero-order valence-electron chi connectivity index (χ0n) is 34.2. The Bertz CT molecular complexity index is 680. The average Bonchev–Trinajstić information content (AvgIpc) is 3.11. The molecule has 0 heterocycles. The van der Waals surface area contributed by atoms with Crippen molar-refractivity contribution in [2.45, 2.75) is 258 Å². The van der Waals surface area contributed by atoms with Crippen molar-refractivity contribution in [3.63, 3.8) is 0 Å². The van der Waals surface area contributed by atoms with E-state index in [1.165, 1.54) is 180 Å². The Morgan fingerprint density at radius 3 is 1.02 bits per heavy atom. The molecule has 0 radical (unpaired) electrons. The number of carbonyl (C=O) groups is 2. The Morgan fingerprint density at radius 2 is 0.660 bits per heavy atom. The van der Waals surface area contributed by atoms with Crippen LogP contribution in [-0.2, 0) is 23.8 Å². The maximum atomic E-state index is 12.5. The smallest absolute Gasteiger partial charge is 0.306 e. The van der Waals surface area contributed by atoms with Gasteiger partial charge in [0.05, 0.1) is 6.61 Å². The van der Waals surface area contributed by atoms with E-state index in [0.29, 0.717) is 26.1 Å². The molecule has 0 aliphatic heterocycles. The molecule has 0 saturated heterocycles. The molecule has 1 unspecified atom stereocenters. The van der Waals surface area contributed by atoms with Crippen LogP contribution in [0.2, 0.25) is 0 Å². The Hall–Kier alpha value is -1.10. The first kappa shape index (κ1) is 48.9. The van der Waals surface area contributed by atoms with E-state index < -0.39 is 6.10 Å². The highest BCUT2D eigenvalue weighted by atomic mass is 16.6. The second-order valence-electron chi connectivity index (χ2n) is 15.3. The second-order valence-corrected chi connectivity index (χ2v) is 15.3. The van der Waals surface area contributed by atoms with Gasteiger partial charge in [-0.2, -0.15) is 0 Å². The first-order valence-corrected chi connectivity index (χ1v) is 22.6. The van der Waals surface area contributed by atoms with Crippen molar-refractivity contribution in [2.24, 2.45) is 0 Å². The monoisotopic (exact) mass is 709 g/mol. The topological polar surface area (TPSA) is 61.8 Å². The van der Waals surface area contributed by atoms with E-state index in [1.807, 2.05) is 0 Å². The van der Waals surface area contributed by atoms with Crippen LogP contribution in [-0.4, -0.2) is 37.9 Å². The van der Waals surface area contributed by atoms with Gasteiger partial charge in [0.25, 0.3) is 0 Å². The van der Waals surface area contributed by atoms with Crippen molar-refractivity contribution in [1.82, 2.24) is 0 Å². The minimum absolute atomic E-state index is 0.0943. The van der Waals surface area contributed by atoms with Crippen LogP contribution in [0.25, 0.3) is 0 Å². The zero-order valence-corrected chi connectivity index (χ0v) is 34.2. The fourth-order valence-corrected chi connectivity index (χ4v) is 6.75. The second kappa shape index (κ2) is 42.3. The van der Waals surface area contributed by atoms with Gasteiger partial charge in [-0.1, -0.05) is 220 Å². The summed E-state index contributed by atoms with van der Waals surface area (Å²) in [6.45, 7) is 7.79. The quantitative estimate of drug-likeness (QED) is 0.0466. The Kier molecular flexibility index (Phi) is 41.4. The maximum absolute atomic E-state index is 12.5. The zero-order chi connectivity index (χ0) is 36.4. The molecule has 0 spiro atoms. The lowest BCUT2D eigenvalue weighted by atomic mass is 10.0. The van der Waals surface area contributed by atoms with E-state index in [-0.39, 0.29) is 18.5 Å². The lowest BCUT2D eigenvalue weighted by molar-refractivity contribution is -0.163. The van der Waals surface area contributed by atoms with Crippen LogP contribution < -0.4 is 0 Å². The minimum atomic E-state index is -0.518. The third-order valence-electron chi connectivity index (χ3n) is 10.1. The summed E-state index contributed by atoms with van der Waals surface area (Å²) in [4.78, 5) is 24.9. The fourth-order valence-electron chi connectivity index (χ4n) is 6.75. The van der Waals surface area contributed by atoms with Crippen LogP contribution >= 0.6 is 0 Å². The van der Waals surface area contributed by atoms with Crippen LogP contribution in [0.1, 0.15) is 252 Å². The molecule has 0 aliphatic carbocycles. The summed E-state index contributed by atoms with van der Waals surface area (Å²) in [6, 6.07) is 0. The maximum Gasteiger partial charge on any atom is 0.306 e. The van der Waals surface area contributed by atoms with Crippen molar-refractivity contribution in [2.75, 3.05) is 19.8 Å². The molecule has 298 valence electrons. The first-order valence-electron chi connectivity index (χ1n) is 22.6. The van der Waals surface area contributed by atoms with E-state index >= 15 is 0 Å². The van der Waals surface area contributed by atoms with Crippen molar-refractivity contribution >= 4 is 11.9 Å². The third kappa shape index (κ3) is 39.7. The molecule has 5 nitrogen and oxygen atoms in total. The summed E-state index contributed by atoms with van der Waals surface area (Å²) in [5.41, 5.74) is 0. The van der Waals surface area contributed by atoms with E-state index in [1.54, 1.807) is 0 Å². The van der Waals surface area contributed by atoms with E-state index in [2.05, 4.69) is 20.8 Å². The van der Waals surface area contributed by atoms with Crippen molar-refractivity contribution < 1.29 is 23.8 Å². The molecule has 0 N–H and O–H groups in total. The van der Waals surface area contributed by atoms with Gasteiger partial charge in [-0.25, -0.2) is 0 Å². The highest BCUT2D eigenvalue weighted by Gasteiger charge is 2.17. The van der Waals surface area contributed by atoms with E-state index in [4.69, 9.17) is 14.2 Å². The molecule has 1 atom stereocenters. The summed E-state index contributed by atoms with van der Waals surface area (Å²) in [6.07, 6.45) is 44.2. The normalized spacial score (nSPS) is 12.0. The number of unbranched alkanes of at least 4 members (excludes halogenated alkanes) is 31. The molecule has 50 heavy (non-hydrogen) atoms. The molecule has 5 heteroatoms. The van der Waals surface area contributed by atoms with Gasteiger partial charge in [-0.15, -0.1) is 0 Å². The molecule has 0 fully saturated rings. The Labute approximate surface area is 312 Å². The Balaban J connectivity index is 3.91. The summed E-state index contributed by atoms with van der Waals surface area (Å²) < 4.78 is 17.2. The molecule has 0 aromatic rings. The van der Waals surface area contributed by atoms with Crippen molar-refractivity contribution in [1.29, 1.82) is 0 Å². The summed E-state index contributed by atoms with van der Waals surface area (Å²) >= 11 is 0. The van der Waals surface area contributed by atoms with Gasteiger partial charge in [0.2, 0.25) is 0 Å². The third-order valence-corrected chi connectivity index (χ3v) is 10.1. The molecular weight excluding hydrogens is 620 g/mol. The number of esters is 2. The van der Waals surface area contributed by atoms with Gasteiger partial charge in [-0.3, -0.25) is 9.59 Å². The summed E-state index contributed by atoms with van der Waals surface area (Å²) in [5, 5.41) is 0. The fraction of sp³-hybridized carbons (Fsp3) is 0.956. The number of hydrogen-bond acceptors (Lipinski definition) is 5. The predicted molar refractivity (Wildman–Crippen MR) is 215 cm³/mol. The average molecular weight is 709 g/mol. The number of rotatable bonds is 42. The van der Waals surface area contributed by atoms with Gasteiger partial charge in [0, 0.05) is 19.4 Å². The molecule has 0 aliphatic rings. The van der Waals surface area contributed by atoms with E-state index in [0.717, 1.165) is 38.5 Å². The van der Waals surface area contributed by atoms with Crippen LogP contribution in [0.15, 0.2) is 0 Å². The lowest BCUT2D eigenvalue weighted by Gasteiger charge is -2.18. The van der Waals surface area contributed by atoms with Gasteiger partial charge in [-0.05, 0) is 19.3 Å². The lowest BCUT2D eigenvalue weighted by Crippen LogP contribution is -2.30. The highest BCUT2D eigenvalue weighted by Crippen LogP contribution is 2.16. The molecule has 0 aromatic carbocycles. The van der Waals surface area contributed by atoms with Crippen LogP contribution in [0.4, 0.5) is 0 Å². The number of carbonyl (C=O) groups excluding carboxylic acids is 2. The van der Waals surface area contributed by atoms with Gasteiger partial charge in [0.1, 0.15) is 6.61 Å². The minimum Gasteiger partial charge on any atom is -0.462 e. The molecule has 0 rings (SSSR count). The van der Waals surface area contributed by atoms with Crippen LogP contribution in [0.3, 0.4) is 0 Å². The molecule has 0 bridgehead atoms. The summed E-state index contributed by atoms with van der Waals surface area (Å²) in [5.74, 6) is -0.397. The first-order chi connectivity index (χ1) is 24.6. The molecule has 0 saturated carbocycles.